The van der Waals surface area contributed by atoms with Gasteiger partial charge in [0, 0.05) is 10.9 Å². The number of aromatic hydroxyl groups is 1. The van der Waals surface area contributed by atoms with Gasteiger partial charge in [0.2, 0.25) is 0 Å². The van der Waals surface area contributed by atoms with Gasteiger partial charge in [0.15, 0.2) is 0 Å². The quantitative estimate of drug-likeness (QED) is 0.846. The molecule has 1 aromatic heterocycles. The lowest BCUT2D eigenvalue weighted by Gasteiger charge is -2.08. The summed E-state index contributed by atoms with van der Waals surface area (Å²) in [7, 11) is 0. The van der Waals surface area contributed by atoms with Gasteiger partial charge in [0.1, 0.15) is 17.9 Å². The van der Waals surface area contributed by atoms with Crippen LogP contribution in [-0.2, 0) is 5.75 Å². The molecule has 0 spiro atoms. The maximum absolute atomic E-state index is 9.19. The zero-order valence-electron chi connectivity index (χ0n) is 9.87. The molecule has 0 saturated carbocycles. The van der Waals surface area contributed by atoms with E-state index in [0.717, 1.165) is 16.5 Å². The molecule has 0 aliphatic heterocycles. The van der Waals surface area contributed by atoms with Crippen LogP contribution in [0.25, 0.3) is 0 Å². The van der Waals surface area contributed by atoms with Crippen LogP contribution < -0.4 is 0 Å². The summed E-state index contributed by atoms with van der Waals surface area (Å²) in [5.41, 5.74) is 0. The first kappa shape index (κ1) is 12.0. The molecule has 4 nitrogen and oxygen atoms in total. The second-order valence-corrected chi connectivity index (χ2v) is 5.05. The maximum Gasteiger partial charge on any atom is 0.138 e. The standard InChI is InChI=1S/C12H15N3OS/c1-9(2)15-12(13-8-14-15)7-17-11-5-3-10(16)4-6-11/h3-6,8-9,16H,7H2,1-2H3. The molecular weight excluding hydrogens is 234 g/mol. The molecule has 0 unspecified atom stereocenters. The highest BCUT2D eigenvalue weighted by Crippen LogP contribution is 2.24. The fraction of sp³-hybridized carbons (Fsp3) is 0.333. The number of phenolic OH excluding ortho intramolecular Hbond substituents is 1. The Morgan fingerprint density at radius 2 is 2.00 bits per heavy atom. The van der Waals surface area contributed by atoms with E-state index in [1.54, 1.807) is 30.2 Å². The summed E-state index contributed by atoms with van der Waals surface area (Å²) < 4.78 is 1.92. The molecule has 0 aliphatic carbocycles. The molecule has 1 N–H and O–H groups in total. The first-order chi connectivity index (χ1) is 8.16. The highest BCUT2D eigenvalue weighted by Gasteiger charge is 2.07. The van der Waals surface area contributed by atoms with Gasteiger partial charge in [-0.25, -0.2) is 9.67 Å². The van der Waals surface area contributed by atoms with E-state index in [2.05, 4.69) is 23.9 Å². The van der Waals surface area contributed by atoms with Crippen molar-refractivity contribution in [3.05, 3.63) is 36.4 Å². The van der Waals surface area contributed by atoms with Crippen LogP contribution in [0.1, 0.15) is 25.7 Å². The molecule has 90 valence electrons. The second-order valence-electron chi connectivity index (χ2n) is 4.00. The number of phenols is 1. The van der Waals surface area contributed by atoms with Gasteiger partial charge in [-0.15, -0.1) is 11.8 Å². The van der Waals surface area contributed by atoms with E-state index in [1.165, 1.54) is 0 Å². The summed E-state index contributed by atoms with van der Waals surface area (Å²) in [6.45, 7) is 4.17. The number of nitrogens with zero attached hydrogens (tertiary/aromatic N) is 3. The third-order valence-corrected chi connectivity index (χ3v) is 3.35. The maximum atomic E-state index is 9.19. The number of aromatic nitrogens is 3. The van der Waals surface area contributed by atoms with E-state index < -0.39 is 0 Å². The van der Waals surface area contributed by atoms with Crippen LogP contribution in [0.3, 0.4) is 0 Å². The summed E-state index contributed by atoms with van der Waals surface area (Å²) >= 11 is 1.68. The third-order valence-electron chi connectivity index (χ3n) is 2.34. The summed E-state index contributed by atoms with van der Waals surface area (Å²) in [4.78, 5) is 5.36. The smallest absolute Gasteiger partial charge is 0.138 e. The van der Waals surface area contributed by atoms with E-state index in [9.17, 15) is 5.11 Å². The Kier molecular flexibility index (Phi) is 3.68. The highest BCUT2D eigenvalue weighted by molar-refractivity contribution is 7.98. The van der Waals surface area contributed by atoms with Crippen LogP contribution in [0.2, 0.25) is 0 Å². The van der Waals surface area contributed by atoms with Crippen molar-refractivity contribution in [2.24, 2.45) is 0 Å². The van der Waals surface area contributed by atoms with Crippen molar-refractivity contribution in [3.63, 3.8) is 0 Å². The van der Waals surface area contributed by atoms with Crippen molar-refractivity contribution in [3.8, 4) is 5.75 Å². The minimum absolute atomic E-state index is 0.291. The molecule has 1 aromatic carbocycles. The topological polar surface area (TPSA) is 50.9 Å². The van der Waals surface area contributed by atoms with Crippen LogP contribution in [0.15, 0.2) is 35.5 Å². The Morgan fingerprint density at radius 1 is 1.29 bits per heavy atom. The minimum Gasteiger partial charge on any atom is -0.508 e. The number of hydrogen-bond acceptors (Lipinski definition) is 4. The lowest BCUT2D eigenvalue weighted by atomic mass is 10.3. The van der Waals surface area contributed by atoms with E-state index in [4.69, 9.17) is 0 Å². The van der Waals surface area contributed by atoms with Gasteiger partial charge in [-0.05, 0) is 38.1 Å². The SMILES string of the molecule is CC(C)n1ncnc1CSc1ccc(O)cc1. The lowest BCUT2D eigenvalue weighted by Crippen LogP contribution is -2.07. The number of rotatable bonds is 4. The summed E-state index contributed by atoms with van der Waals surface area (Å²) in [6.07, 6.45) is 1.59. The van der Waals surface area contributed by atoms with Gasteiger partial charge in [-0.2, -0.15) is 5.10 Å². The number of hydrogen-bond donors (Lipinski definition) is 1. The van der Waals surface area contributed by atoms with Crippen LogP contribution in [-0.4, -0.2) is 19.9 Å². The van der Waals surface area contributed by atoms with Crippen LogP contribution in [0.4, 0.5) is 0 Å². The van der Waals surface area contributed by atoms with E-state index in [-0.39, 0.29) is 0 Å². The summed E-state index contributed by atoms with van der Waals surface area (Å²) in [5, 5.41) is 13.4. The lowest BCUT2D eigenvalue weighted by molar-refractivity contribution is 0.475. The van der Waals surface area contributed by atoms with Crippen LogP contribution in [0, 0.1) is 0 Å². The monoisotopic (exact) mass is 249 g/mol. The zero-order valence-corrected chi connectivity index (χ0v) is 10.7. The average Bonchev–Trinajstić information content (AvgIpc) is 2.76. The Bertz CT molecular complexity index is 479. The normalized spacial score (nSPS) is 11.0. The molecule has 2 rings (SSSR count). The van der Waals surface area contributed by atoms with Gasteiger partial charge >= 0.3 is 0 Å². The van der Waals surface area contributed by atoms with Crippen molar-refractivity contribution >= 4 is 11.8 Å². The second kappa shape index (κ2) is 5.23. The predicted molar refractivity (Wildman–Crippen MR) is 68.1 cm³/mol. The van der Waals surface area contributed by atoms with E-state index in [0.29, 0.717) is 11.8 Å². The first-order valence-electron chi connectivity index (χ1n) is 5.47. The Hall–Kier alpha value is -1.49. The van der Waals surface area contributed by atoms with Crippen LogP contribution >= 0.6 is 11.8 Å². The molecule has 0 fully saturated rings. The molecule has 0 aliphatic rings. The molecule has 1 heterocycles. The Labute approximate surface area is 105 Å². The molecule has 0 bridgehead atoms. The van der Waals surface area contributed by atoms with Crippen molar-refractivity contribution in [2.75, 3.05) is 0 Å². The van der Waals surface area contributed by atoms with Gasteiger partial charge in [0.25, 0.3) is 0 Å². The fourth-order valence-corrected chi connectivity index (χ4v) is 2.33. The summed E-state index contributed by atoms with van der Waals surface area (Å²) in [5.74, 6) is 2.04. The minimum atomic E-state index is 0.291. The molecule has 2 aromatic rings. The van der Waals surface area contributed by atoms with Crippen molar-refractivity contribution in [2.45, 2.75) is 30.5 Å². The molecule has 5 heteroatoms. The van der Waals surface area contributed by atoms with Crippen molar-refractivity contribution in [1.29, 1.82) is 0 Å². The van der Waals surface area contributed by atoms with Crippen LogP contribution in [0.5, 0.6) is 5.75 Å². The summed E-state index contributed by atoms with van der Waals surface area (Å²) in [6, 6.07) is 7.50. The largest absolute Gasteiger partial charge is 0.508 e. The van der Waals surface area contributed by atoms with Gasteiger partial charge in [0.05, 0.1) is 5.75 Å². The van der Waals surface area contributed by atoms with Crippen molar-refractivity contribution < 1.29 is 5.11 Å². The molecule has 0 amide bonds. The first-order valence-corrected chi connectivity index (χ1v) is 6.45. The van der Waals surface area contributed by atoms with Gasteiger partial charge in [-0.1, -0.05) is 0 Å². The van der Waals surface area contributed by atoms with Gasteiger partial charge in [-0.3, -0.25) is 0 Å². The molecular formula is C12H15N3OS. The molecule has 0 radical (unpaired) electrons. The molecule has 0 saturated heterocycles. The highest BCUT2D eigenvalue weighted by atomic mass is 32.2. The number of thioether (sulfide) groups is 1. The average molecular weight is 249 g/mol. The zero-order chi connectivity index (χ0) is 12.3. The van der Waals surface area contributed by atoms with E-state index in [1.807, 2.05) is 16.8 Å². The Balaban J connectivity index is 2.02. The molecule has 0 atom stereocenters. The Morgan fingerprint density at radius 3 is 2.65 bits per heavy atom. The predicted octanol–water partition coefficient (Wildman–Crippen LogP) is 2.86. The fourth-order valence-electron chi connectivity index (χ4n) is 1.50. The van der Waals surface area contributed by atoms with Crippen molar-refractivity contribution in [1.82, 2.24) is 14.8 Å². The molecule has 17 heavy (non-hydrogen) atoms. The number of benzene rings is 1. The van der Waals surface area contributed by atoms with Gasteiger partial charge < -0.3 is 5.11 Å². The van der Waals surface area contributed by atoms with E-state index >= 15 is 0 Å². The third kappa shape index (κ3) is 3.00.